The summed E-state index contributed by atoms with van der Waals surface area (Å²) >= 11 is 0. The molecule has 1 atom stereocenters. The van der Waals surface area contributed by atoms with Gasteiger partial charge in [0.2, 0.25) is 0 Å². The Bertz CT molecular complexity index is 776. The molecular weight excluding hydrogens is 493 g/mol. The normalized spacial score (nSPS) is 15.1. The van der Waals surface area contributed by atoms with Gasteiger partial charge in [0.25, 0.3) is 0 Å². The van der Waals surface area contributed by atoms with Crippen LogP contribution in [0.5, 0.6) is 5.75 Å². The Labute approximate surface area is 196 Å². The number of nitrogens with zero attached hydrogens (tertiary/aromatic N) is 1. The van der Waals surface area contributed by atoms with E-state index < -0.39 is 0 Å². The van der Waals surface area contributed by atoms with E-state index in [0.717, 1.165) is 30.3 Å². The van der Waals surface area contributed by atoms with Crippen LogP contribution in [0.3, 0.4) is 0 Å². The van der Waals surface area contributed by atoms with Crippen molar-refractivity contribution in [2.75, 3.05) is 33.4 Å². The predicted molar refractivity (Wildman–Crippen MR) is 131 cm³/mol. The zero-order valence-electron chi connectivity index (χ0n) is 17.7. The standard InChI is InChI=1S/C23H31N3O3.HI/c1-3-27-11-12-28-17-19-8-6-7-18(13-19)15-25-23(24-2)26-16-21-14-20-9-4-5-10-22(20)29-21;/h4-10,13,21H,3,11-12,14-17H2,1-2H3,(H2,24,25,26);1H. The second kappa shape index (κ2) is 13.5. The molecule has 2 aromatic rings. The fourth-order valence-electron chi connectivity index (χ4n) is 3.27. The highest BCUT2D eigenvalue weighted by molar-refractivity contribution is 14.0. The monoisotopic (exact) mass is 525 g/mol. The van der Waals surface area contributed by atoms with Gasteiger partial charge in [-0.1, -0.05) is 42.5 Å². The van der Waals surface area contributed by atoms with Gasteiger partial charge < -0.3 is 24.8 Å². The SMILES string of the molecule is CCOCCOCc1cccc(CNC(=NC)NCC2Cc3ccccc3O2)c1.I. The van der Waals surface area contributed by atoms with Crippen LogP contribution in [0.1, 0.15) is 23.6 Å². The van der Waals surface area contributed by atoms with Crippen LogP contribution in [0, 0.1) is 0 Å². The minimum Gasteiger partial charge on any atom is -0.488 e. The van der Waals surface area contributed by atoms with Crippen molar-refractivity contribution in [1.82, 2.24) is 10.6 Å². The summed E-state index contributed by atoms with van der Waals surface area (Å²) < 4.78 is 16.9. The molecule has 2 N–H and O–H groups in total. The van der Waals surface area contributed by atoms with Crippen molar-refractivity contribution in [1.29, 1.82) is 0 Å². The Balaban J connectivity index is 0.00000320. The van der Waals surface area contributed by atoms with E-state index in [0.29, 0.717) is 32.9 Å². The minimum atomic E-state index is 0. The number of benzene rings is 2. The summed E-state index contributed by atoms with van der Waals surface area (Å²) in [4.78, 5) is 4.31. The number of guanidine groups is 1. The Kier molecular flexibility index (Phi) is 11.0. The molecule has 0 bridgehead atoms. The van der Waals surface area contributed by atoms with Crippen molar-refractivity contribution >= 4 is 29.9 Å². The average molecular weight is 525 g/mol. The van der Waals surface area contributed by atoms with Gasteiger partial charge in [-0.15, -0.1) is 24.0 Å². The van der Waals surface area contributed by atoms with Crippen LogP contribution >= 0.6 is 24.0 Å². The Hall–Kier alpha value is -1.84. The third kappa shape index (κ3) is 7.77. The second-order valence-corrected chi connectivity index (χ2v) is 6.93. The number of para-hydroxylation sites is 1. The van der Waals surface area contributed by atoms with E-state index in [2.05, 4.69) is 52.0 Å². The van der Waals surface area contributed by atoms with Crippen LogP contribution in [-0.2, 0) is 29.0 Å². The lowest BCUT2D eigenvalue weighted by Gasteiger charge is -2.16. The highest BCUT2D eigenvalue weighted by Crippen LogP contribution is 2.27. The smallest absolute Gasteiger partial charge is 0.191 e. The van der Waals surface area contributed by atoms with E-state index >= 15 is 0 Å². The first kappa shape index (κ1) is 24.4. The molecule has 30 heavy (non-hydrogen) atoms. The molecule has 1 aliphatic rings. The molecule has 2 aromatic carbocycles. The molecular formula is C23H32IN3O3. The second-order valence-electron chi connectivity index (χ2n) is 6.93. The Morgan fingerprint density at radius 1 is 1.07 bits per heavy atom. The van der Waals surface area contributed by atoms with Crippen LogP contribution in [0.2, 0.25) is 0 Å². The van der Waals surface area contributed by atoms with Gasteiger partial charge in [0.15, 0.2) is 5.96 Å². The maximum Gasteiger partial charge on any atom is 0.191 e. The van der Waals surface area contributed by atoms with Gasteiger partial charge in [-0.05, 0) is 29.7 Å². The van der Waals surface area contributed by atoms with Crippen molar-refractivity contribution in [3.63, 3.8) is 0 Å². The Morgan fingerprint density at radius 3 is 2.67 bits per heavy atom. The van der Waals surface area contributed by atoms with E-state index in [-0.39, 0.29) is 30.1 Å². The summed E-state index contributed by atoms with van der Waals surface area (Å²) in [5.74, 6) is 1.76. The molecule has 0 spiro atoms. The van der Waals surface area contributed by atoms with Gasteiger partial charge in [0.05, 0.1) is 26.4 Å². The number of hydrogen-bond donors (Lipinski definition) is 2. The number of fused-ring (bicyclic) bond motifs is 1. The summed E-state index contributed by atoms with van der Waals surface area (Å²) in [5.41, 5.74) is 3.60. The number of aliphatic imine (C=N–C) groups is 1. The lowest BCUT2D eigenvalue weighted by Crippen LogP contribution is -2.41. The third-order valence-corrected chi connectivity index (χ3v) is 4.73. The topological polar surface area (TPSA) is 64.1 Å². The van der Waals surface area contributed by atoms with Crippen molar-refractivity contribution in [2.24, 2.45) is 4.99 Å². The molecule has 0 amide bonds. The maximum absolute atomic E-state index is 5.97. The molecule has 1 unspecified atom stereocenters. The fraction of sp³-hybridized carbons (Fsp3) is 0.435. The van der Waals surface area contributed by atoms with Crippen molar-refractivity contribution in [3.05, 3.63) is 65.2 Å². The molecule has 0 aliphatic carbocycles. The molecule has 0 fully saturated rings. The first-order chi connectivity index (χ1) is 14.3. The van der Waals surface area contributed by atoms with Gasteiger partial charge in [-0.25, -0.2) is 0 Å². The highest BCUT2D eigenvalue weighted by Gasteiger charge is 2.22. The van der Waals surface area contributed by atoms with Crippen LogP contribution in [-0.4, -0.2) is 45.5 Å². The first-order valence-electron chi connectivity index (χ1n) is 10.2. The summed E-state index contributed by atoms with van der Waals surface area (Å²) in [5, 5.41) is 6.72. The van der Waals surface area contributed by atoms with E-state index in [1.165, 1.54) is 11.1 Å². The van der Waals surface area contributed by atoms with Crippen LogP contribution in [0.25, 0.3) is 0 Å². The molecule has 3 rings (SSSR count). The Morgan fingerprint density at radius 2 is 1.87 bits per heavy atom. The largest absolute Gasteiger partial charge is 0.488 e. The molecule has 7 heteroatoms. The van der Waals surface area contributed by atoms with Crippen LogP contribution in [0.4, 0.5) is 0 Å². The van der Waals surface area contributed by atoms with E-state index in [1.807, 2.05) is 19.1 Å². The zero-order valence-corrected chi connectivity index (χ0v) is 20.1. The molecule has 6 nitrogen and oxygen atoms in total. The van der Waals surface area contributed by atoms with Gasteiger partial charge in [0.1, 0.15) is 11.9 Å². The number of hydrogen-bond acceptors (Lipinski definition) is 4. The predicted octanol–water partition coefficient (Wildman–Crippen LogP) is 3.53. The maximum atomic E-state index is 5.97. The zero-order chi connectivity index (χ0) is 20.3. The van der Waals surface area contributed by atoms with E-state index in [1.54, 1.807) is 7.05 Å². The molecule has 164 valence electrons. The van der Waals surface area contributed by atoms with E-state index in [9.17, 15) is 0 Å². The molecule has 0 radical (unpaired) electrons. The number of rotatable bonds is 10. The molecule has 0 saturated carbocycles. The molecule has 1 heterocycles. The first-order valence-corrected chi connectivity index (χ1v) is 10.2. The molecule has 0 saturated heterocycles. The van der Waals surface area contributed by atoms with E-state index in [4.69, 9.17) is 14.2 Å². The van der Waals surface area contributed by atoms with Gasteiger partial charge in [-0.2, -0.15) is 0 Å². The highest BCUT2D eigenvalue weighted by atomic mass is 127. The number of halogens is 1. The van der Waals surface area contributed by atoms with Crippen LogP contribution < -0.4 is 15.4 Å². The van der Waals surface area contributed by atoms with Crippen molar-refractivity contribution in [2.45, 2.75) is 32.6 Å². The summed E-state index contributed by atoms with van der Waals surface area (Å²) in [6, 6.07) is 16.6. The minimum absolute atomic E-state index is 0. The van der Waals surface area contributed by atoms with Crippen molar-refractivity contribution < 1.29 is 14.2 Å². The lowest BCUT2D eigenvalue weighted by molar-refractivity contribution is 0.0453. The quantitative estimate of drug-likeness (QED) is 0.215. The molecule has 0 aromatic heterocycles. The number of ether oxygens (including phenoxy) is 3. The van der Waals surface area contributed by atoms with Crippen LogP contribution in [0.15, 0.2) is 53.5 Å². The lowest BCUT2D eigenvalue weighted by atomic mass is 10.1. The molecule has 1 aliphatic heterocycles. The van der Waals surface area contributed by atoms with Gasteiger partial charge >= 0.3 is 0 Å². The fourth-order valence-corrected chi connectivity index (χ4v) is 3.27. The number of nitrogens with one attached hydrogen (secondary N) is 2. The van der Waals surface area contributed by atoms with Gasteiger partial charge in [0, 0.05) is 26.6 Å². The summed E-state index contributed by atoms with van der Waals surface area (Å²) in [7, 11) is 1.78. The summed E-state index contributed by atoms with van der Waals surface area (Å²) in [6.45, 7) is 5.95. The van der Waals surface area contributed by atoms with Crippen molar-refractivity contribution in [3.8, 4) is 5.75 Å². The average Bonchev–Trinajstić information content (AvgIpc) is 3.17. The summed E-state index contributed by atoms with van der Waals surface area (Å²) in [6.07, 6.45) is 1.05. The van der Waals surface area contributed by atoms with Gasteiger partial charge in [-0.3, -0.25) is 4.99 Å². The third-order valence-electron chi connectivity index (χ3n) is 4.73.